The zero-order valence-electron chi connectivity index (χ0n) is 12.9. The second-order valence-corrected chi connectivity index (χ2v) is 6.35. The normalized spacial score (nSPS) is 11.3. The molecule has 3 aromatic rings. The molecule has 0 radical (unpaired) electrons. The summed E-state index contributed by atoms with van der Waals surface area (Å²) in [7, 11) is -1.52. The second kappa shape index (κ2) is 6.55. The summed E-state index contributed by atoms with van der Waals surface area (Å²) in [5.74, 6) is 0. The fraction of sp³-hybridized carbons (Fsp3) is 0.0526. The summed E-state index contributed by atoms with van der Waals surface area (Å²) >= 11 is 1.61. The zero-order valence-corrected chi connectivity index (χ0v) is 13.7. The van der Waals surface area contributed by atoms with E-state index >= 15 is 0 Å². The van der Waals surface area contributed by atoms with Crippen LogP contribution in [0.3, 0.4) is 0 Å². The first-order chi connectivity index (χ1) is 11.2. The van der Waals surface area contributed by atoms with E-state index in [9.17, 15) is 10.0 Å². The standard InChI is InChI=1S/C19H17BO2S/c1-3-8-15-17(4-2)23-18-12-14(13-9-6-5-7-10-13)11-16(19(15)18)20(21)22/h3-12,21-22H,2H2,1H3/b8-3-. The molecule has 2 nitrogen and oxygen atoms in total. The van der Waals surface area contributed by atoms with Crippen molar-refractivity contribution >= 4 is 46.2 Å². The van der Waals surface area contributed by atoms with Gasteiger partial charge in [-0.25, -0.2) is 0 Å². The lowest BCUT2D eigenvalue weighted by atomic mass is 9.76. The van der Waals surface area contributed by atoms with Gasteiger partial charge in [0.05, 0.1) is 0 Å². The van der Waals surface area contributed by atoms with Crippen molar-refractivity contribution in [2.24, 2.45) is 0 Å². The molecule has 1 aromatic heterocycles. The van der Waals surface area contributed by atoms with Crippen LogP contribution in [0, 0.1) is 0 Å². The maximum absolute atomic E-state index is 9.88. The molecule has 1 heterocycles. The molecular weight excluding hydrogens is 303 g/mol. The van der Waals surface area contributed by atoms with E-state index in [1.54, 1.807) is 11.3 Å². The van der Waals surface area contributed by atoms with Gasteiger partial charge in [-0.15, -0.1) is 11.3 Å². The van der Waals surface area contributed by atoms with Gasteiger partial charge in [-0.2, -0.15) is 0 Å². The fourth-order valence-electron chi connectivity index (χ4n) is 2.79. The predicted octanol–water partition coefficient (Wildman–Crippen LogP) is 3.92. The third-order valence-corrected chi connectivity index (χ3v) is 4.94. The number of benzene rings is 2. The van der Waals surface area contributed by atoms with Gasteiger partial charge in [0.2, 0.25) is 0 Å². The van der Waals surface area contributed by atoms with Crippen LogP contribution in [0.4, 0.5) is 0 Å². The Morgan fingerprint density at radius 2 is 1.83 bits per heavy atom. The molecule has 2 N–H and O–H groups in total. The lowest BCUT2D eigenvalue weighted by Crippen LogP contribution is -2.30. The van der Waals surface area contributed by atoms with Crippen LogP contribution in [0.1, 0.15) is 17.4 Å². The van der Waals surface area contributed by atoms with Gasteiger partial charge in [-0.05, 0) is 35.1 Å². The first-order valence-electron chi connectivity index (χ1n) is 7.42. The first kappa shape index (κ1) is 15.7. The number of hydrogen-bond acceptors (Lipinski definition) is 3. The third-order valence-electron chi connectivity index (χ3n) is 3.79. The van der Waals surface area contributed by atoms with Crippen molar-refractivity contribution in [2.75, 3.05) is 0 Å². The monoisotopic (exact) mass is 320 g/mol. The maximum atomic E-state index is 9.88. The van der Waals surface area contributed by atoms with Gasteiger partial charge in [0.25, 0.3) is 0 Å². The molecule has 114 valence electrons. The Morgan fingerprint density at radius 3 is 2.43 bits per heavy atom. The van der Waals surface area contributed by atoms with Crippen LogP contribution in [0.5, 0.6) is 0 Å². The van der Waals surface area contributed by atoms with E-state index in [0.29, 0.717) is 5.46 Å². The summed E-state index contributed by atoms with van der Waals surface area (Å²) in [6.45, 7) is 5.82. The van der Waals surface area contributed by atoms with Gasteiger partial charge < -0.3 is 10.0 Å². The molecule has 0 unspecified atom stereocenters. The highest BCUT2D eigenvalue weighted by Crippen LogP contribution is 2.35. The molecule has 0 bridgehead atoms. The van der Waals surface area contributed by atoms with Crippen LogP contribution >= 0.6 is 11.3 Å². The van der Waals surface area contributed by atoms with Crippen LogP contribution in [0.15, 0.2) is 55.1 Å². The van der Waals surface area contributed by atoms with E-state index in [2.05, 4.69) is 12.6 Å². The van der Waals surface area contributed by atoms with Crippen molar-refractivity contribution in [1.82, 2.24) is 0 Å². The van der Waals surface area contributed by atoms with E-state index in [1.165, 1.54) is 0 Å². The summed E-state index contributed by atoms with van der Waals surface area (Å²) in [5.41, 5.74) is 3.55. The van der Waals surface area contributed by atoms with E-state index in [1.807, 2.05) is 61.5 Å². The SMILES string of the molecule is C=Cc1sc2cc(-c3ccccc3)cc(B(O)O)c2c1/C=C\C. The van der Waals surface area contributed by atoms with E-state index in [-0.39, 0.29) is 0 Å². The highest BCUT2D eigenvalue weighted by molar-refractivity contribution is 7.20. The molecule has 23 heavy (non-hydrogen) atoms. The number of hydrogen-bond donors (Lipinski definition) is 2. The smallest absolute Gasteiger partial charge is 0.423 e. The van der Waals surface area contributed by atoms with E-state index < -0.39 is 7.12 Å². The maximum Gasteiger partial charge on any atom is 0.489 e. The summed E-state index contributed by atoms with van der Waals surface area (Å²) < 4.78 is 1.03. The molecule has 0 aliphatic carbocycles. The molecule has 4 heteroatoms. The molecule has 2 aromatic carbocycles. The van der Waals surface area contributed by atoms with Crippen LogP contribution in [-0.4, -0.2) is 17.2 Å². The number of rotatable bonds is 4. The average Bonchev–Trinajstić information content (AvgIpc) is 2.93. The van der Waals surface area contributed by atoms with Gasteiger partial charge in [-0.1, -0.05) is 61.2 Å². The topological polar surface area (TPSA) is 40.5 Å². The number of thiophene rings is 1. The third kappa shape index (κ3) is 2.89. The minimum Gasteiger partial charge on any atom is -0.423 e. The van der Waals surface area contributed by atoms with Gasteiger partial charge >= 0.3 is 7.12 Å². The summed E-state index contributed by atoms with van der Waals surface area (Å²) in [4.78, 5) is 1.03. The van der Waals surface area contributed by atoms with Crippen molar-refractivity contribution in [3.8, 4) is 11.1 Å². The Labute approximate surface area is 140 Å². The first-order valence-corrected chi connectivity index (χ1v) is 8.24. The minimum absolute atomic E-state index is 0.527. The molecule has 0 aliphatic rings. The van der Waals surface area contributed by atoms with Gasteiger partial charge in [-0.3, -0.25) is 0 Å². The lowest BCUT2D eigenvalue weighted by molar-refractivity contribution is 0.426. The van der Waals surface area contributed by atoms with Gasteiger partial charge in [0.1, 0.15) is 0 Å². The summed E-state index contributed by atoms with van der Waals surface area (Å²) in [6, 6.07) is 13.9. The highest BCUT2D eigenvalue weighted by Gasteiger charge is 2.21. The molecule has 0 fully saturated rings. The van der Waals surface area contributed by atoms with Crippen LogP contribution in [0.25, 0.3) is 33.4 Å². The molecule has 0 aliphatic heterocycles. The Morgan fingerprint density at radius 1 is 1.09 bits per heavy atom. The molecule has 0 atom stereocenters. The molecule has 3 rings (SSSR count). The van der Waals surface area contributed by atoms with Crippen molar-refractivity contribution < 1.29 is 10.0 Å². The average molecular weight is 320 g/mol. The predicted molar refractivity (Wildman–Crippen MR) is 102 cm³/mol. The zero-order chi connectivity index (χ0) is 16.4. The van der Waals surface area contributed by atoms with Crippen molar-refractivity contribution in [2.45, 2.75) is 6.92 Å². The van der Waals surface area contributed by atoms with Crippen LogP contribution < -0.4 is 5.46 Å². The molecule has 0 amide bonds. The fourth-order valence-corrected chi connectivity index (χ4v) is 3.90. The van der Waals surface area contributed by atoms with E-state index in [0.717, 1.165) is 31.7 Å². The Bertz CT molecular complexity index is 879. The minimum atomic E-state index is -1.52. The van der Waals surface area contributed by atoms with Crippen molar-refractivity contribution in [3.63, 3.8) is 0 Å². The lowest BCUT2D eigenvalue weighted by Gasteiger charge is -2.08. The summed E-state index contributed by atoms with van der Waals surface area (Å²) in [5, 5.41) is 20.6. The Kier molecular flexibility index (Phi) is 4.48. The largest absolute Gasteiger partial charge is 0.489 e. The Hall–Kier alpha value is -2.14. The van der Waals surface area contributed by atoms with Gasteiger partial charge in [0, 0.05) is 15.0 Å². The second-order valence-electron chi connectivity index (χ2n) is 5.26. The van der Waals surface area contributed by atoms with Crippen molar-refractivity contribution in [3.05, 3.63) is 65.6 Å². The summed E-state index contributed by atoms with van der Waals surface area (Å²) in [6.07, 6.45) is 5.76. The highest BCUT2D eigenvalue weighted by atomic mass is 32.1. The number of fused-ring (bicyclic) bond motifs is 1. The molecule has 0 spiro atoms. The Balaban J connectivity index is 2.36. The molecular formula is C19H17BO2S. The quantitative estimate of drug-likeness (QED) is 0.715. The molecule has 0 saturated carbocycles. The van der Waals surface area contributed by atoms with Crippen LogP contribution in [-0.2, 0) is 0 Å². The van der Waals surface area contributed by atoms with Crippen molar-refractivity contribution in [1.29, 1.82) is 0 Å². The van der Waals surface area contributed by atoms with Gasteiger partial charge in [0.15, 0.2) is 0 Å². The van der Waals surface area contributed by atoms with Crippen LogP contribution in [0.2, 0.25) is 0 Å². The number of allylic oxidation sites excluding steroid dienone is 1. The van der Waals surface area contributed by atoms with E-state index in [4.69, 9.17) is 0 Å². The molecule has 0 saturated heterocycles.